The van der Waals surface area contributed by atoms with Crippen LogP contribution in [0.15, 0.2) is 0 Å². The summed E-state index contributed by atoms with van der Waals surface area (Å²) >= 11 is 0. The fourth-order valence-electron chi connectivity index (χ4n) is 6.94. The highest BCUT2D eigenvalue weighted by Gasteiger charge is 2.56. The predicted molar refractivity (Wildman–Crippen MR) is 167 cm³/mol. The minimum absolute atomic E-state index is 0.837. The third-order valence-electron chi connectivity index (χ3n) is 10.3. The Bertz CT molecular complexity index is 1200. The van der Waals surface area contributed by atoms with Gasteiger partial charge in [0.2, 0.25) is 0 Å². The monoisotopic (exact) mass is 828 g/mol. The Balaban J connectivity index is 1.33. The maximum absolute atomic E-state index is 11.4. The van der Waals surface area contributed by atoms with E-state index in [4.69, 9.17) is 42.6 Å². The number of aliphatic hydroxyl groups is 17. The standard InChI is InChI=1S/C30H52O26/c31-1-6-11(36)16(41)18(43)26(48-6)53-23-13(38)8(3-33)50-28(20(23)45)54-24-14(39)9(4-34)51-29(21(24)46)55-25-15(40)10(5-35)52-30(22(25)47)56-27-19(44)17(42)12(37)7(2-32)49-27/h6-47H,1-5H2/t6-,7-,8-,9-,10-,11+,12-,13+,14+,15+,16+,17+,18-,19-,20-,21-,22-,23+,24+,25+,26+,27-,28-,29-,30-/m1/s1. The molecule has 5 heterocycles. The van der Waals surface area contributed by atoms with Crippen molar-refractivity contribution in [2.45, 2.75) is 154 Å². The largest absolute Gasteiger partial charge is 0.394 e. The zero-order valence-corrected chi connectivity index (χ0v) is 29.2. The van der Waals surface area contributed by atoms with Gasteiger partial charge in [-0.25, -0.2) is 0 Å². The van der Waals surface area contributed by atoms with E-state index in [1.807, 2.05) is 0 Å². The van der Waals surface area contributed by atoms with Crippen LogP contribution in [0.5, 0.6) is 0 Å². The van der Waals surface area contributed by atoms with E-state index in [0.717, 1.165) is 0 Å². The molecule has 25 atom stereocenters. The third kappa shape index (κ3) is 9.16. The lowest BCUT2D eigenvalue weighted by Gasteiger charge is -2.49. The summed E-state index contributed by atoms with van der Waals surface area (Å²) in [4.78, 5) is 0. The highest BCUT2D eigenvalue weighted by molar-refractivity contribution is 4.98. The lowest BCUT2D eigenvalue weighted by Crippen LogP contribution is -2.68. The van der Waals surface area contributed by atoms with E-state index in [0.29, 0.717) is 0 Å². The third-order valence-corrected chi connectivity index (χ3v) is 10.3. The van der Waals surface area contributed by atoms with Crippen molar-refractivity contribution in [2.75, 3.05) is 33.0 Å². The van der Waals surface area contributed by atoms with Crippen molar-refractivity contribution >= 4 is 0 Å². The molecule has 328 valence electrons. The smallest absolute Gasteiger partial charge is 0.189 e. The average molecular weight is 829 g/mol. The van der Waals surface area contributed by atoms with Crippen molar-refractivity contribution < 1.29 is 129 Å². The summed E-state index contributed by atoms with van der Waals surface area (Å²) in [5.41, 5.74) is 0. The molecule has 0 aliphatic carbocycles. The van der Waals surface area contributed by atoms with Gasteiger partial charge in [0.25, 0.3) is 0 Å². The van der Waals surface area contributed by atoms with Crippen LogP contribution in [0, 0.1) is 0 Å². The molecule has 0 amide bonds. The van der Waals surface area contributed by atoms with Gasteiger partial charge in [0, 0.05) is 0 Å². The molecule has 26 heteroatoms. The highest BCUT2D eigenvalue weighted by Crippen LogP contribution is 2.35. The molecule has 5 fully saturated rings. The molecule has 26 nitrogen and oxygen atoms in total. The summed E-state index contributed by atoms with van der Waals surface area (Å²) in [7, 11) is 0. The van der Waals surface area contributed by atoms with Gasteiger partial charge in [0.1, 0.15) is 122 Å². The zero-order chi connectivity index (χ0) is 41.3. The van der Waals surface area contributed by atoms with Gasteiger partial charge in [-0.3, -0.25) is 0 Å². The van der Waals surface area contributed by atoms with Crippen molar-refractivity contribution in [1.29, 1.82) is 0 Å². The molecule has 0 unspecified atom stereocenters. The van der Waals surface area contributed by atoms with Crippen molar-refractivity contribution in [3.63, 3.8) is 0 Å². The first-order chi connectivity index (χ1) is 26.5. The second-order valence-corrected chi connectivity index (χ2v) is 14.0. The van der Waals surface area contributed by atoms with Crippen LogP contribution in [0.3, 0.4) is 0 Å². The maximum atomic E-state index is 11.4. The normalized spacial score (nSPS) is 53.2. The molecule has 5 rings (SSSR count). The molecule has 17 N–H and O–H groups in total. The van der Waals surface area contributed by atoms with Crippen molar-refractivity contribution in [3.05, 3.63) is 0 Å². The molecule has 0 spiro atoms. The first-order valence-electron chi connectivity index (χ1n) is 17.6. The first-order valence-corrected chi connectivity index (χ1v) is 17.6. The zero-order valence-electron chi connectivity index (χ0n) is 29.2. The van der Waals surface area contributed by atoms with E-state index in [1.165, 1.54) is 0 Å². The Morgan fingerprint density at radius 1 is 0.250 bits per heavy atom. The molecule has 0 bridgehead atoms. The highest BCUT2D eigenvalue weighted by atomic mass is 16.8. The van der Waals surface area contributed by atoms with Crippen LogP contribution in [0.25, 0.3) is 0 Å². The van der Waals surface area contributed by atoms with Crippen LogP contribution in [-0.4, -0.2) is 273 Å². The van der Waals surface area contributed by atoms with E-state index in [1.54, 1.807) is 0 Å². The Morgan fingerprint density at radius 2 is 0.464 bits per heavy atom. The van der Waals surface area contributed by atoms with E-state index < -0.39 is 187 Å². The molecule has 5 aliphatic heterocycles. The lowest BCUT2D eigenvalue weighted by molar-refractivity contribution is -0.401. The summed E-state index contributed by atoms with van der Waals surface area (Å²) in [5, 5.41) is 177. The average Bonchev–Trinajstić information content (AvgIpc) is 3.19. The minimum atomic E-state index is -2.17. The van der Waals surface area contributed by atoms with E-state index in [9.17, 15) is 86.8 Å². The molecular weight excluding hydrogens is 776 g/mol. The van der Waals surface area contributed by atoms with Gasteiger partial charge in [0.05, 0.1) is 33.0 Å². The summed E-state index contributed by atoms with van der Waals surface area (Å²) < 4.78 is 49.2. The van der Waals surface area contributed by atoms with Gasteiger partial charge in [0.15, 0.2) is 31.5 Å². The fourth-order valence-corrected chi connectivity index (χ4v) is 6.94. The van der Waals surface area contributed by atoms with Crippen LogP contribution in [0.4, 0.5) is 0 Å². The lowest BCUT2D eigenvalue weighted by atomic mass is 9.95. The van der Waals surface area contributed by atoms with Gasteiger partial charge in [-0.2, -0.15) is 0 Å². The molecule has 5 aliphatic rings. The topological polar surface area (TPSA) is 427 Å². The van der Waals surface area contributed by atoms with Gasteiger partial charge < -0.3 is 129 Å². The predicted octanol–water partition coefficient (Wildman–Crippen LogP) is -11.9. The number of hydrogen-bond donors (Lipinski definition) is 17. The SMILES string of the molecule is OC[C@H]1O[C@@H](O[C@H]2[C@@H](O)[C@@H](CO)O[C@H](O[C@H]3[C@@H](O)[C@@H](CO)O[C@H](O[C@H]4[C@@H](O)[C@@H](CO)O[C@H](O[C@H]5O[C@H](CO)[C@@H](O)[C@H](O)[C@H]5O)[C@@H]4O)[C@@H]3O)[C@@H]2O)[C@H](O)[C@@H](O)[C@H]1O. The summed E-state index contributed by atoms with van der Waals surface area (Å²) in [5.74, 6) is 0. The van der Waals surface area contributed by atoms with Crippen molar-refractivity contribution in [2.24, 2.45) is 0 Å². The maximum Gasteiger partial charge on any atom is 0.189 e. The molecular formula is C30H52O26. The van der Waals surface area contributed by atoms with Crippen LogP contribution in [0.2, 0.25) is 0 Å². The molecule has 0 aromatic carbocycles. The Labute approximate surface area is 316 Å². The van der Waals surface area contributed by atoms with E-state index >= 15 is 0 Å². The number of aliphatic hydroxyl groups excluding tert-OH is 17. The summed E-state index contributed by atoms with van der Waals surface area (Å²) in [6, 6.07) is 0. The van der Waals surface area contributed by atoms with E-state index in [-0.39, 0.29) is 0 Å². The minimum Gasteiger partial charge on any atom is -0.394 e. The molecule has 0 aromatic heterocycles. The Morgan fingerprint density at radius 3 is 0.732 bits per heavy atom. The summed E-state index contributed by atoms with van der Waals surface area (Å²) in [6.07, 6.45) is -47.0. The van der Waals surface area contributed by atoms with Gasteiger partial charge in [-0.05, 0) is 0 Å². The van der Waals surface area contributed by atoms with Crippen molar-refractivity contribution in [3.8, 4) is 0 Å². The summed E-state index contributed by atoms with van der Waals surface area (Å²) in [6.45, 7) is -4.57. The number of rotatable bonds is 13. The van der Waals surface area contributed by atoms with E-state index in [2.05, 4.69) is 0 Å². The van der Waals surface area contributed by atoms with Gasteiger partial charge in [-0.15, -0.1) is 0 Å². The molecule has 0 aromatic rings. The number of hydrogen-bond acceptors (Lipinski definition) is 26. The molecule has 0 saturated carbocycles. The fraction of sp³-hybridized carbons (Fsp3) is 1.00. The second kappa shape index (κ2) is 19.6. The van der Waals surface area contributed by atoms with Gasteiger partial charge >= 0.3 is 0 Å². The molecule has 5 saturated heterocycles. The van der Waals surface area contributed by atoms with Crippen LogP contribution in [-0.2, 0) is 42.6 Å². The van der Waals surface area contributed by atoms with Gasteiger partial charge in [-0.1, -0.05) is 0 Å². The van der Waals surface area contributed by atoms with Crippen LogP contribution in [0.1, 0.15) is 0 Å². The quantitative estimate of drug-likeness (QED) is 0.0819. The number of ether oxygens (including phenoxy) is 9. The first kappa shape index (κ1) is 46.0. The van der Waals surface area contributed by atoms with Crippen LogP contribution < -0.4 is 0 Å². The van der Waals surface area contributed by atoms with Crippen LogP contribution >= 0.6 is 0 Å². The molecule has 56 heavy (non-hydrogen) atoms. The Hall–Kier alpha value is -1.04. The van der Waals surface area contributed by atoms with Crippen molar-refractivity contribution in [1.82, 2.24) is 0 Å². The molecule has 0 radical (unpaired) electrons. The second-order valence-electron chi connectivity index (χ2n) is 14.0. The Kier molecular flexibility index (Phi) is 16.1.